The molecule has 0 spiro atoms. The van der Waals surface area contributed by atoms with Crippen LogP contribution in [0.2, 0.25) is 10.3 Å². The van der Waals surface area contributed by atoms with Crippen molar-refractivity contribution in [2.45, 2.75) is 6.42 Å². The molecular formula is C11H6Cl2F2N2. The van der Waals surface area contributed by atoms with E-state index in [1.807, 2.05) is 0 Å². The minimum absolute atomic E-state index is 0.162. The molecule has 0 N–H and O–H groups in total. The minimum Gasteiger partial charge on any atom is -0.221 e. The Bertz CT molecular complexity index is 471. The molecular weight excluding hydrogens is 269 g/mol. The summed E-state index contributed by atoms with van der Waals surface area (Å²) < 4.78 is 25.9. The molecule has 6 heteroatoms. The van der Waals surface area contributed by atoms with Gasteiger partial charge in [0.25, 0.3) is 0 Å². The van der Waals surface area contributed by atoms with Crippen LogP contribution < -0.4 is 0 Å². The van der Waals surface area contributed by atoms with Gasteiger partial charge in [0, 0.05) is 18.6 Å². The molecule has 0 bridgehead atoms. The molecule has 1 heterocycles. The van der Waals surface area contributed by atoms with Crippen molar-refractivity contribution in [2.24, 2.45) is 0 Å². The van der Waals surface area contributed by atoms with Crippen LogP contribution in [0.5, 0.6) is 0 Å². The molecule has 2 nitrogen and oxygen atoms in total. The number of hydrogen-bond donors (Lipinski definition) is 0. The lowest BCUT2D eigenvalue weighted by atomic mass is 10.1. The maximum absolute atomic E-state index is 13.0. The van der Waals surface area contributed by atoms with Gasteiger partial charge < -0.3 is 0 Å². The maximum Gasteiger partial charge on any atom is 0.136 e. The number of hydrogen-bond acceptors (Lipinski definition) is 2. The second-order valence-electron chi connectivity index (χ2n) is 3.38. The highest BCUT2D eigenvalue weighted by molar-refractivity contribution is 6.33. The molecule has 0 aliphatic carbocycles. The smallest absolute Gasteiger partial charge is 0.136 e. The van der Waals surface area contributed by atoms with E-state index < -0.39 is 11.6 Å². The Morgan fingerprint density at radius 3 is 1.94 bits per heavy atom. The van der Waals surface area contributed by atoms with Crippen molar-refractivity contribution >= 4 is 23.2 Å². The van der Waals surface area contributed by atoms with E-state index in [-0.39, 0.29) is 16.7 Å². The number of aromatic nitrogens is 2. The number of nitrogens with zero attached hydrogens (tertiary/aromatic N) is 2. The molecule has 0 unspecified atom stereocenters. The van der Waals surface area contributed by atoms with Crippen molar-refractivity contribution < 1.29 is 8.78 Å². The molecule has 17 heavy (non-hydrogen) atoms. The molecule has 0 amide bonds. The van der Waals surface area contributed by atoms with Crippen molar-refractivity contribution in [1.29, 1.82) is 0 Å². The Morgan fingerprint density at radius 2 is 1.41 bits per heavy atom. The zero-order valence-corrected chi connectivity index (χ0v) is 9.93. The first kappa shape index (κ1) is 12.2. The summed E-state index contributed by atoms with van der Waals surface area (Å²) >= 11 is 11.4. The van der Waals surface area contributed by atoms with Gasteiger partial charge in [0.15, 0.2) is 0 Å². The second kappa shape index (κ2) is 4.94. The lowest BCUT2D eigenvalue weighted by Crippen LogP contribution is -1.98. The fourth-order valence-electron chi connectivity index (χ4n) is 1.41. The Kier molecular flexibility index (Phi) is 3.54. The van der Waals surface area contributed by atoms with E-state index in [1.165, 1.54) is 18.2 Å². The molecule has 0 saturated heterocycles. The van der Waals surface area contributed by atoms with Crippen molar-refractivity contribution in [3.63, 3.8) is 0 Å². The third-order valence-electron chi connectivity index (χ3n) is 1.99. The van der Waals surface area contributed by atoms with Gasteiger partial charge in [-0.25, -0.2) is 18.7 Å². The summed E-state index contributed by atoms with van der Waals surface area (Å²) in [5, 5.41) is 0.383. The molecule has 0 radical (unpaired) electrons. The second-order valence-corrected chi connectivity index (χ2v) is 4.16. The largest absolute Gasteiger partial charge is 0.221 e. The zero-order valence-electron chi connectivity index (χ0n) is 8.42. The Labute approximate surface area is 106 Å². The van der Waals surface area contributed by atoms with Gasteiger partial charge in [-0.05, 0) is 17.7 Å². The van der Waals surface area contributed by atoms with Gasteiger partial charge in [0.05, 0.1) is 0 Å². The van der Waals surface area contributed by atoms with Gasteiger partial charge in [-0.15, -0.1) is 0 Å². The van der Waals surface area contributed by atoms with Gasteiger partial charge in [-0.1, -0.05) is 23.2 Å². The van der Waals surface area contributed by atoms with Gasteiger partial charge in [0.2, 0.25) is 0 Å². The molecule has 0 fully saturated rings. The molecule has 1 aromatic heterocycles. The quantitative estimate of drug-likeness (QED) is 0.782. The third kappa shape index (κ3) is 3.35. The van der Waals surface area contributed by atoms with E-state index >= 15 is 0 Å². The maximum atomic E-state index is 13.0. The normalized spacial score (nSPS) is 10.6. The van der Waals surface area contributed by atoms with Crippen LogP contribution in [0.4, 0.5) is 8.78 Å². The highest BCUT2D eigenvalue weighted by Gasteiger charge is 2.06. The highest BCUT2D eigenvalue weighted by atomic mass is 35.5. The average molecular weight is 275 g/mol. The van der Waals surface area contributed by atoms with E-state index in [2.05, 4.69) is 9.97 Å². The van der Waals surface area contributed by atoms with Crippen LogP contribution in [-0.4, -0.2) is 9.97 Å². The van der Waals surface area contributed by atoms with Crippen LogP contribution in [0.25, 0.3) is 0 Å². The van der Waals surface area contributed by atoms with Crippen LogP contribution in [0.3, 0.4) is 0 Å². The van der Waals surface area contributed by atoms with E-state index in [4.69, 9.17) is 23.2 Å². The van der Waals surface area contributed by atoms with Crippen LogP contribution in [0.15, 0.2) is 24.3 Å². The molecule has 0 saturated carbocycles. The van der Waals surface area contributed by atoms with Gasteiger partial charge in [-0.3, -0.25) is 0 Å². The lowest BCUT2D eigenvalue weighted by molar-refractivity contribution is 0.580. The zero-order chi connectivity index (χ0) is 12.4. The van der Waals surface area contributed by atoms with Gasteiger partial charge in [-0.2, -0.15) is 0 Å². The molecule has 2 rings (SSSR count). The third-order valence-corrected chi connectivity index (χ3v) is 2.38. The monoisotopic (exact) mass is 274 g/mol. The van der Waals surface area contributed by atoms with E-state index in [9.17, 15) is 8.78 Å². The van der Waals surface area contributed by atoms with Gasteiger partial charge >= 0.3 is 0 Å². The SMILES string of the molecule is Fc1cc(F)cc(Cc2nc(Cl)cc(Cl)n2)c1. The van der Waals surface area contributed by atoms with E-state index in [0.29, 0.717) is 11.4 Å². The molecule has 0 aliphatic rings. The minimum atomic E-state index is -0.645. The van der Waals surface area contributed by atoms with Crippen LogP contribution in [-0.2, 0) is 6.42 Å². The Balaban J connectivity index is 2.31. The van der Waals surface area contributed by atoms with E-state index in [0.717, 1.165) is 6.07 Å². The Morgan fingerprint density at radius 1 is 0.882 bits per heavy atom. The molecule has 1 aromatic carbocycles. The van der Waals surface area contributed by atoms with Crippen LogP contribution >= 0.6 is 23.2 Å². The summed E-state index contributed by atoms with van der Waals surface area (Å²) in [4.78, 5) is 7.83. The van der Waals surface area contributed by atoms with Crippen molar-refractivity contribution in [2.75, 3.05) is 0 Å². The fourth-order valence-corrected chi connectivity index (χ4v) is 1.87. The summed E-state index contributed by atoms with van der Waals surface area (Å²) in [7, 11) is 0. The molecule has 0 atom stereocenters. The summed E-state index contributed by atoms with van der Waals surface area (Å²) in [6.45, 7) is 0. The first-order chi connectivity index (χ1) is 8.02. The fraction of sp³-hybridized carbons (Fsp3) is 0.0909. The lowest BCUT2D eigenvalue weighted by Gasteiger charge is -2.02. The number of halogens is 4. The molecule has 2 aromatic rings. The number of benzene rings is 1. The molecule has 88 valence electrons. The summed E-state index contributed by atoms with van der Waals surface area (Å²) in [6.07, 6.45) is 0.162. The van der Waals surface area contributed by atoms with Crippen molar-refractivity contribution in [3.8, 4) is 0 Å². The van der Waals surface area contributed by atoms with Gasteiger partial charge in [0.1, 0.15) is 27.8 Å². The molecule has 0 aliphatic heterocycles. The standard InChI is InChI=1S/C11H6Cl2F2N2/c12-9-5-10(13)17-11(16-9)3-6-1-7(14)4-8(15)2-6/h1-2,4-5H,3H2. The van der Waals surface area contributed by atoms with Crippen LogP contribution in [0, 0.1) is 11.6 Å². The summed E-state index contributed by atoms with van der Waals surface area (Å²) in [6, 6.07) is 4.61. The van der Waals surface area contributed by atoms with Crippen molar-refractivity contribution in [3.05, 3.63) is 57.6 Å². The first-order valence-corrected chi connectivity index (χ1v) is 5.42. The topological polar surface area (TPSA) is 25.8 Å². The van der Waals surface area contributed by atoms with Crippen LogP contribution in [0.1, 0.15) is 11.4 Å². The predicted molar refractivity (Wildman–Crippen MR) is 61.2 cm³/mol. The summed E-state index contributed by atoms with van der Waals surface area (Å²) in [5.41, 5.74) is 0.417. The van der Waals surface area contributed by atoms with E-state index in [1.54, 1.807) is 0 Å². The first-order valence-electron chi connectivity index (χ1n) is 4.67. The Hall–Kier alpha value is -1.26. The average Bonchev–Trinajstić information content (AvgIpc) is 2.13. The number of rotatable bonds is 2. The van der Waals surface area contributed by atoms with Crippen molar-refractivity contribution in [1.82, 2.24) is 9.97 Å². The summed E-state index contributed by atoms with van der Waals surface area (Å²) in [5.74, 6) is -0.978. The predicted octanol–water partition coefficient (Wildman–Crippen LogP) is 3.65. The highest BCUT2D eigenvalue weighted by Crippen LogP contribution is 2.15.